The second kappa shape index (κ2) is 5.29. The highest BCUT2D eigenvalue weighted by molar-refractivity contribution is 5.91. The van der Waals surface area contributed by atoms with E-state index in [2.05, 4.69) is 15.3 Å². The zero-order valence-electron chi connectivity index (χ0n) is 8.10. The molecule has 1 heterocycles. The molecule has 0 aliphatic heterocycles. The number of nitrogens with zero attached hydrogens (tertiary/aromatic N) is 2. The molecule has 0 spiro atoms. The minimum Gasteiger partial charge on any atom is -0.350 e. The van der Waals surface area contributed by atoms with Crippen molar-refractivity contribution >= 4 is 5.91 Å². The first kappa shape index (κ1) is 10.6. The van der Waals surface area contributed by atoms with Crippen molar-refractivity contribution in [3.8, 4) is 0 Å². The van der Waals surface area contributed by atoms with E-state index in [1.54, 1.807) is 6.07 Å². The third kappa shape index (κ3) is 3.10. The summed E-state index contributed by atoms with van der Waals surface area (Å²) in [4.78, 5) is 19.0. The van der Waals surface area contributed by atoms with E-state index >= 15 is 0 Å². The van der Waals surface area contributed by atoms with E-state index in [0.717, 1.165) is 0 Å². The van der Waals surface area contributed by atoms with E-state index in [0.29, 0.717) is 18.8 Å². The standard InChI is InChI=1S/C9H14N4O/c1-7(4-10)5-12-9(14)8-2-3-11-6-13-8/h2-3,6-7H,4-5,10H2,1H3,(H,12,14). The number of rotatable bonds is 4. The zero-order chi connectivity index (χ0) is 10.4. The molecular formula is C9H14N4O. The first-order chi connectivity index (χ1) is 6.74. The van der Waals surface area contributed by atoms with Crippen LogP contribution in [0.2, 0.25) is 0 Å². The number of carbonyl (C=O) groups is 1. The Hall–Kier alpha value is -1.49. The molecule has 0 saturated heterocycles. The van der Waals surface area contributed by atoms with Crippen LogP contribution >= 0.6 is 0 Å². The first-order valence-corrected chi connectivity index (χ1v) is 4.48. The summed E-state index contributed by atoms with van der Waals surface area (Å²) in [7, 11) is 0. The molecule has 1 aromatic rings. The SMILES string of the molecule is CC(CN)CNC(=O)c1ccncn1. The Kier molecular flexibility index (Phi) is 4.00. The van der Waals surface area contributed by atoms with Crippen molar-refractivity contribution < 1.29 is 4.79 Å². The quantitative estimate of drug-likeness (QED) is 0.695. The van der Waals surface area contributed by atoms with Gasteiger partial charge in [-0.2, -0.15) is 0 Å². The average molecular weight is 194 g/mol. The molecular weight excluding hydrogens is 180 g/mol. The van der Waals surface area contributed by atoms with E-state index in [9.17, 15) is 4.79 Å². The largest absolute Gasteiger partial charge is 0.350 e. The van der Waals surface area contributed by atoms with Crippen molar-refractivity contribution in [2.75, 3.05) is 13.1 Å². The third-order valence-electron chi connectivity index (χ3n) is 1.83. The summed E-state index contributed by atoms with van der Waals surface area (Å²) in [5.41, 5.74) is 5.80. The molecule has 1 amide bonds. The molecule has 0 aliphatic rings. The molecule has 5 heteroatoms. The van der Waals surface area contributed by atoms with Gasteiger partial charge in [0.05, 0.1) is 0 Å². The number of nitrogens with one attached hydrogen (secondary N) is 1. The van der Waals surface area contributed by atoms with Gasteiger partial charge in [-0.3, -0.25) is 4.79 Å². The zero-order valence-corrected chi connectivity index (χ0v) is 8.10. The minimum atomic E-state index is -0.187. The fourth-order valence-corrected chi connectivity index (χ4v) is 0.866. The van der Waals surface area contributed by atoms with Crippen molar-refractivity contribution in [2.45, 2.75) is 6.92 Å². The summed E-state index contributed by atoms with van der Waals surface area (Å²) in [6.45, 7) is 3.10. The molecule has 0 aliphatic carbocycles. The molecule has 1 rings (SSSR count). The molecule has 76 valence electrons. The molecule has 3 N–H and O–H groups in total. The molecule has 0 bridgehead atoms. The molecule has 0 saturated carbocycles. The van der Waals surface area contributed by atoms with Gasteiger partial charge >= 0.3 is 0 Å². The van der Waals surface area contributed by atoms with Gasteiger partial charge in [-0.1, -0.05) is 6.92 Å². The molecule has 1 unspecified atom stereocenters. The van der Waals surface area contributed by atoms with Gasteiger partial charge in [0.2, 0.25) is 0 Å². The van der Waals surface area contributed by atoms with Gasteiger partial charge in [-0.05, 0) is 18.5 Å². The summed E-state index contributed by atoms with van der Waals surface area (Å²) >= 11 is 0. The van der Waals surface area contributed by atoms with E-state index < -0.39 is 0 Å². The lowest BCUT2D eigenvalue weighted by atomic mass is 10.2. The number of hydrogen-bond donors (Lipinski definition) is 2. The number of nitrogens with two attached hydrogens (primary N) is 1. The highest BCUT2D eigenvalue weighted by Crippen LogP contribution is 1.92. The molecule has 0 fully saturated rings. The monoisotopic (exact) mass is 194 g/mol. The van der Waals surface area contributed by atoms with Crippen LogP contribution in [0.3, 0.4) is 0 Å². The predicted molar refractivity (Wildman–Crippen MR) is 52.6 cm³/mol. The maximum atomic E-state index is 11.4. The maximum Gasteiger partial charge on any atom is 0.270 e. The first-order valence-electron chi connectivity index (χ1n) is 4.48. The fourth-order valence-electron chi connectivity index (χ4n) is 0.866. The predicted octanol–water partition coefficient (Wildman–Crippen LogP) is -0.199. The van der Waals surface area contributed by atoms with Crippen LogP contribution in [-0.4, -0.2) is 29.0 Å². The molecule has 5 nitrogen and oxygen atoms in total. The summed E-state index contributed by atoms with van der Waals surface area (Å²) < 4.78 is 0. The molecule has 0 radical (unpaired) electrons. The average Bonchev–Trinajstić information content (AvgIpc) is 2.26. The van der Waals surface area contributed by atoms with Gasteiger partial charge in [0.15, 0.2) is 0 Å². The van der Waals surface area contributed by atoms with Crippen LogP contribution in [0.25, 0.3) is 0 Å². The molecule has 0 aromatic carbocycles. The minimum absolute atomic E-state index is 0.187. The lowest BCUT2D eigenvalue weighted by molar-refractivity contribution is 0.0943. The van der Waals surface area contributed by atoms with E-state index in [1.807, 2.05) is 6.92 Å². The lowest BCUT2D eigenvalue weighted by Gasteiger charge is -2.09. The van der Waals surface area contributed by atoms with Gasteiger partial charge in [0.1, 0.15) is 12.0 Å². The van der Waals surface area contributed by atoms with Crippen LogP contribution in [-0.2, 0) is 0 Å². The maximum absolute atomic E-state index is 11.4. The van der Waals surface area contributed by atoms with Crippen molar-refractivity contribution in [2.24, 2.45) is 11.7 Å². The molecule has 1 atom stereocenters. The van der Waals surface area contributed by atoms with E-state index in [1.165, 1.54) is 12.5 Å². The van der Waals surface area contributed by atoms with Crippen LogP contribution in [0, 0.1) is 5.92 Å². The topological polar surface area (TPSA) is 80.9 Å². The Balaban J connectivity index is 2.44. The molecule has 1 aromatic heterocycles. The van der Waals surface area contributed by atoms with Crippen molar-refractivity contribution in [1.82, 2.24) is 15.3 Å². The number of hydrogen-bond acceptors (Lipinski definition) is 4. The van der Waals surface area contributed by atoms with Gasteiger partial charge < -0.3 is 11.1 Å². The Morgan fingerprint density at radius 1 is 1.71 bits per heavy atom. The van der Waals surface area contributed by atoms with Gasteiger partial charge in [0, 0.05) is 12.7 Å². The fraction of sp³-hybridized carbons (Fsp3) is 0.444. The van der Waals surface area contributed by atoms with Gasteiger partial charge in [-0.15, -0.1) is 0 Å². The summed E-state index contributed by atoms with van der Waals surface area (Å²) in [5.74, 6) is 0.0912. The number of carbonyl (C=O) groups excluding carboxylic acids is 1. The van der Waals surface area contributed by atoms with Crippen molar-refractivity contribution in [1.29, 1.82) is 0 Å². The number of aromatic nitrogens is 2. The Morgan fingerprint density at radius 3 is 3.07 bits per heavy atom. The van der Waals surface area contributed by atoms with Gasteiger partial charge in [-0.25, -0.2) is 9.97 Å². The van der Waals surface area contributed by atoms with Crippen molar-refractivity contribution in [3.05, 3.63) is 24.3 Å². The van der Waals surface area contributed by atoms with Crippen LogP contribution in [0.1, 0.15) is 17.4 Å². The van der Waals surface area contributed by atoms with Crippen LogP contribution in [0.5, 0.6) is 0 Å². The van der Waals surface area contributed by atoms with Crippen LogP contribution in [0.15, 0.2) is 18.6 Å². The number of amides is 1. The van der Waals surface area contributed by atoms with Crippen LogP contribution in [0.4, 0.5) is 0 Å². The van der Waals surface area contributed by atoms with E-state index in [-0.39, 0.29) is 11.8 Å². The van der Waals surface area contributed by atoms with Crippen molar-refractivity contribution in [3.63, 3.8) is 0 Å². The summed E-state index contributed by atoms with van der Waals surface area (Å²) in [5, 5.41) is 2.74. The normalized spacial score (nSPS) is 12.1. The second-order valence-electron chi connectivity index (χ2n) is 3.15. The summed E-state index contributed by atoms with van der Waals surface area (Å²) in [6, 6.07) is 1.57. The Bertz CT molecular complexity index is 288. The summed E-state index contributed by atoms with van der Waals surface area (Å²) in [6.07, 6.45) is 2.88. The smallest absolute Gasteiger partial charge is 0.270 e. The molecule has 14 heavy (non-hydrogen) atoms. The van der Waals surface area contributed by atoms with Gasteiger partial charge in [0.25, 0.3) is 5.91 Å². The lowest BCUT2D eigenvalue weighted by Crippen LogP contribution is -2.31. The highest BCUT2D eigenvalue weighted by Gasteiger charge is 2.07. The van der Waals surface area contributed by atoms with Crippen LogP contribution < -0.4 is 11.1 Å². The second-order valence-corrected chi connectivity index (χ2v) is 3.15. The van der Waals surface area contributed by atoms with E-state index in [4.69, 9.17) is 5.73 Å². The highest BCUT2D eigenvalue weighted by atomic mass is 16.1. The third-order valence-corrected chi connectivity index (χ3v) is 1.83. The Labute approximate surface area is 82.7 Å². The Morgan fingerprint density at radius 2 is 2.50 bits per heavy atom.